The lowest BCUT2D eigenvalue weighted by Crippen LogP contribution is -2.15. The quantitative estimate of drug-likeness (QED) is 0.764. The van der Waals surface area contributed by atoms with Crippen molar-refractivity contribution in [3.8, 4) is 0 Å². The SMILES string of the molecule is CCCNCc1cc(S(=O)(=O)Nc2ccncc2)cn1C. The molecule has 0 aliphatic rings. The van der Waals surface area contributed by atoms with E-state index in [0.717, 1.165) is 18.7 Å². The molecule has 2 aromatic heterocycles. The van der Waals surface area contributed by atoms with Crippen molar-refractivity contribution in [1.82, 2.24) is 14.9 Å². The topological polar surface area (TPSA) is 76.0 Å². The van der Waals surface area contributed by atoms with E-state index in [-0.39, 0.29) is 4.90 Å². The number of anilines is 1. The Morgan fingerprint density at radius 3 is 2.67 bits per heavy atom. The highest BCUT2D eigenvalue weighted by molar-refractivity contribution is 7.92. The van der Waals surface area contributed by atoms with Gasteiger partial charge < -0.3 is 9.88 Å². The summed E-state index contributed by atoms with van der Waals surface area (Å²) in [4.78, 5) is 4.12. The number of hydrogen-bond donors (Lipinski definition) is 2. The number of aryl methyl sites for hydroxylation is 1. The minimum absolute atomic E-state index is 0.259. The van der Waals surface area contributed by atoms with Gasteiger partial charge in [-0.15, -0.1) is 0 Å². The second-order valence-corrected chi connectivity index (χ2v) is 6.48. The Labute approximate surface area is 125 Å². The van der Waals surface area contributed by atoms with E-state index >= 15 is 0 Å². The van der Waals surface area contributed by atoms with Crippen molar-refractivity contribution in [2.75, 3.05) is 11.3 Å². The van der Waals surface area contributed by atoms with Crippen molar-refractivity contribution in [2.24, 2.45) is 7.05 Å². The molecule has 2 aromatic rings. The average molecular weight is 308 g/mol. The highest BCUT2D eigenvalue weighted by Crippen LogP contribution is 2.17. The molecule has 0 aromatic carbocycles. The van der Waals surface area contributed by atoms with E-state index in [1.165, 1.54) is 0 Å². The molecule has 0 amide bonds. The molecule has 0 aliphatic heterocycles. The average Bonchev–Trinajstić information content (AvgIpc) is 2.82. The fourth-order valence-corrected chi connectivity index (χ4v) is 3.08. The zero-order valence-electron chi connectivity index (χ0n) is 12.2. The molecule has 0 aliphatic carbocycles. The van der Waals surface area contributed by atoms with Crippen LogP contribution in [0.15, 0.2) is 41.7 Å². The lowest BCUT2D eigenvalue weighted by molar-refractivity contribution is 0.601. The molecule has 6 nitrogen and oxygen atoms in total. The molecule has 0 fully saturated rings. The van der Waals surface area contributed by atoms with Gasteiger partial charge in [-0.3, -0.25) is 9.71 Å². The zero-order valence-corrected chi connectivity index (χ0v) is 13.0. The minimum Gasteiger partial charge on any atom is -0.352 e. The summed E-state index contributed by atoms with van der Waals surface area (Å²) in [6, 6.07) is 4.92. The summed E-state index contributed by atoms with van der Waals surface area (Å²) in [6.07, 6.45) is 5.75. The van der Waals surface area contributed by atoms with E-state index in [0.29, 0.717) is 12.2 Å². The van der Waals surface area contributed by atoms with Crippen LogP contribution in [0, 0.1) is 0 Å². The molecule has 0 saturated heterocycles. The molecule has 2 rings (SSSR count). The summed E-state index contributed by atoms with van der Waals surface area (Å²) in [7, 11) is -1.73. The molecule has 0 spiro atoms. The number of nitrogens with one attached hydrogen (secondary N) is 2. The number of hydrogen-bond acceptors (Lipinski definition) is 4. The Hall–Kier alpha value is -1.86. The predicted molar refractivity (Wildman–Crippen MR) is 82.5 cm³/mol. The number of rotatable bonds is 7. The summed E-state index contributed by atoms with van der Waals surface area (Å²) in [6.45, 7) is 3.64. The zero-order chi connectivity index (χ0) is 15.3. The molecule has 2 heterocycles. The van der Waals surface area contributed by atoms with E-state index in [1.807, 2.05) is 11.6 Å². The maximum Gasteiger partial charge on any atom is 0.263 e. The van der Waals surface area contributed by atoms with E-state index in [2.05, 4.69) is 21.9 Å². The van der Waals surface area contributed by atoms with Gasteiger partial charge in [0.05, 0.1) is 5.69 Å². The van der Waals surface area contributed by atoms with Gasteiger partial charge in [0.1, 0.15) is 4.90 Å². The van der Waals surface area contributed by atoms with E-state index in [9.17, 15) is 8.42 Å². The van der Waals surface area contributed by atoms with Gasteiger partial charge in [0.2, 0.25) is 0 Å². The third kappa shape index (κ3) is 4.05. The predicted octanol–water partition coefficient (Wildman–Crippen LogP) is 1.72. The van der Waals surface area contributed by atoms with Crippen molar-refractivity contribution in [2.45, 2.75) is 24.8 Å². The highest BCUT2D eigenvalue weighted by Gasteiger charge is 2.17. The fourth-order valence-electron chi connectivity index (χ4n) is 1.93. The van der Waals surface area contributed by atoms with Crippen molar-refractivity contribution >= 4 is 15.7 Å². The Morgan fingerprint density at radius 2 is 2.00 bits per heavy atom. The largest absolute Gasteiger partial charge is 0.352 e. The smallest absolute Gasteiger partial charge is 0.263 e. The van der Waals surface area contributed by atoms with Crippen LogP contribution in [-0.2, 0) is 23.6 Å². The van der Waals surface area contributed by atoms with Gasteiger partial charge in [-0.05, 0) is 31.2 Å². The molecule has 0 unspecified atom stereocenters. The first-order valence-electron chi connectivity index (χ1n) is 6.81. The van der Waals surface area contributed by atoms with E-state index in [4.69, 9.17) is 0 Å². The summed E-state index contributed by atoms with van der Waals surface area (Å²) in [5.41, 5.74) is 1.43. The fraction of sp³-hybridized carbons (Fsp3) is 0.357. The van der Waals surface area contributed by atoms with Gasteiger partial charge in [0, 0.05) is 37.9 Å². The number of aromatic nitrogens is 2. The summed E-state index contributed by atoms with van der Waals surface area (Å²) in [5, 5.41) is 3.26. The van der Waals surface area contributed by atoms with Crippen LogP contribution in [-0.4, -0.2) is 24.5 Å². The van der Waals surface area contributed by atoms with Crippen LogP contribution in [0.5, 0.6) is 0 Å². The Bertz CT molecular complexity index is 680. The van der Waals surface area contributed by atoms with Gasteiger partial charge >= 0.3 is 0 Å². The highest BCUT2D eigenvalue weighted by atomic mass is 32.2. The van der Waals surface area contributed by atoms with Gasteiger partial charge in [-0.2, -0.15) is 0 Å². The van der Waals surface area contributed by atoms with Crippen LogP contribution in [0.3, 0.4) is 0 Å². The lowest BCUT2D eigenvalue weighted by atomic mass is 10.4. The number of sulfonamides is 1. The Morgan fingerprint density at radius 1 is 1.29 bits per heavy atom. The number of nitrogens with zero attached hydrogens (tertiary/aromatic N) is 2. The molecular weight excluding hydrogens is 288 g/mol. The molecule has 2 N–H and O–H groups in total. The first-order chi connectivity index (χ1) is 10.0. The molecule has 114 valence electrons. The Kier molecular flexibility index (Phi) is 4.98. The van der Waals surface area contributed by atoms with Crippen molar-refractivity contribution in [3.05, 3.63) is 42.5 Å². The first-order valence-corrected chi connectivity index (χ1v) is 8.30. The first kappa shape index (κ1) is 15.5. The Balaban J connectivity index is 2.15. The third-order valence-electron chi connectivity index (χ3n) is 3.06. The monoisotopic (exact) mass is 308 g/mol. The van der Waals surface area contributed by atoms with Crippen LogP contribution >= 0.6 is 0 Å². The van der Waals surface area contributed by atoms with Crippen LogP contribution in [0.1, 0.15) is 19.0 Å². The van der Waals surface area contributed by atoms with Gasteiger partial charge in [0.15, 0.2) is 0 Å². The van der Waals surface area contributed by atoms with Crippen molar-refractivity contribution < 1.29 is 8.42 Å². The molecule has 0 radical (unpaired) electrons. The normalized spacial score (nSPS) is 11.5. The van der Waals surface area contributed by atoms with Crippen LogP contribution in [0.2, 0.25) is 0 Å². The van der Waals surface area contributed by atoms with E-state index in [1.54, 1.807) is 36.8 Å². The molecule has 0 saturated carbocycles. The second-order valence-electron chi connectivity index (χ2n) is 4.80. The minimum atomic E-state index is -3.57. The molecule has 21 heavy (non-hydrogen) atoms. The maximum atomic E-state index is 12.3. The van der Waals surface area contributed by atoms with Gasteiger partial charge in [-0.25, -0.2) is 8.42 Å². The van der Waals surface area contributed by atoms with Crippen LogP contribution < -0.4 is 10.0 Å². The molecule has 0 atom stereocenters. The number of pyridine rings is 1. The maximum absolute atomic E-state index is 12.3. The van der Waals surface area contributed by atoms with Gasteiger partial charge in [0.25, 0.3) is 10.0 Å². The summed E-state index contributed by atoms with van der Waals surface area (Å²) >= 11 is 0. The summed E-state index contributed by atoms with van der Waals surface area (Å²) < 4.78 is 29.0. The molecular formula is C14H20N4O2S. The van der Waals surface area contributed by atoms with Crippen LogP contribution in [0.4, 0.5) is 5.69 Å². The lowest BCUT2D eigenvalue weighted by Gasteiger charge is -2.05. The third-order valence-corrected chi connectivity index (χ3v) is 4.41. The summed E-state index contributed by atoms with van der Waals surface area (Å²) in [5.74, 6) is 0. The molecule has 0 bridgehead atoms. The van der Waals surface area contributed by atoms with Crippen LogP contribution in [0.25, 0.3) is 0 Å². The standard InChI is InChI=1S/C14H20N4O2S/c1-3-6-16-10-13-9-14(11-18(13)2)21(19,20)17-12-4-7-15-8-5-12/h4-5,7-9,11,16H,3,6,10H2,1-2H3,(H,15,17). The molecule has 7 heteroatoms. The second kappa shape index (κ2) is 6.73. The van der Waals surface area contributed by atoms with E-state index < -0.39 is 10.0 Å². The van der Waals surface area contributed by atoms with Crippen molar-refractivity contribution in [1.29, 1.82) is 0 Å². The van der Waals surface area contributed by atoms with Crippen molar-refractivity contribution in [3.63, 3.8) is 0 Å². The van der Waals surface area contributed by atoms with Gasteiger partial charge in [-0.1, -0.05) is 6.92 Å².